The van der Waals surface area contributed by atoms with Gasteiger partial charge in [-0.25, -0.2) is 13.4 Å². The molecule has 1 unspecified atom stereocenters. The molecular formula is C22H20ClF3N3O3S+. The molecule has 6 nitrogen and oxygen atoms in total. The minimum atomic E-state index is -4.74. The number of carbonyl (C=O) groups excluding carboxylic acids is 1. The molecule has 2 aromatic carbocycles. The van der Waals surface area contributed by atoms with Crippen molar-refractivity contribution < 1.29 is 31.4 Å². The molecule has 3 rings (SSSR count). The first-order valence-corrected chi connectivity index (χ1v) is 11.5. The summed E-state index contributed by atoms with van der Waals surface area (Å²) >= 11 is 6.15. The van der Waals surface area contributed by atoms with E-state index in [0.717, 1.165) is 17.7 Å². The number of rotatable bonds is 7. The number of nitrogens with one attached hydrogen (secondary N) is 2. The Labute approximate surface area is 194 Å². The first kappa shape index (κ1) is 24.5. The Morgan fingerprint density at radius 3 is 2.33 bits per heavy atom. The number of nitrogens with zero attached hydrogens (tertiary/aromatic N) is 1. The molecule has 3 aromatic rings. The normalized spacial score (nSPS) is 12.8. The number of hydrogen-bond donors (Lipinski definition) is 1. The fourth-order valence-corrected chi connectivity index (χ4v) is 5.00. The topological polar surface area (TPSA) is 80.6 Å². The molecular weight excluding hydrogens is 479 g/mol. The smallest absolute Gasteiger partial charge is 0.350 e. The monoisotopic (exact) mass is 498 g/mol. The van der Waals surface area contributed by atoms with Crippen LogP contribution in [0.4, 0.5) is 18.9 Å². The Balaban J connectivity index is 2.05. The lowest BCUT2D eigenvalue weighted by Crippen LogP contribution is -2.48. The zero-order valence-corrected chi connectivity index (χ0v) is 18.9. The number of aromatic amines is 1. The summed E-state index contributed by atoms with van der Waals surface area (Å²) in [4.78, 5) is 15.6. The van der Waals surface area contributed by atoms with Crippen LogP contribution >= 0.6 is 11.6 Å². The van der Waals surface area contributed by atoms with Crippen LogP contribution in [0.5, 0.6) is 0 Å². The lowest BCUT2D eigenvalue weighted by atomic mass is 10.1. The number of amides is 1. The molecule has 1 heterocycles. The van der Waals surface area contributed by atoms with Gasteiger partial charge in [0, 0.05) is 18.7 Å². The fourth-order valence-electron chi connectivity index (χ4n) is 3.09. The summed E-state index contributed by atoms with van der Waals surface area (Å²) in [6.07, 6.45) is -1.43. The van der Waals surface area contributed by atoms with Gasteiger partial charge in [0.05, 0.1) is 21.2 Å². The highest BCUT2D eigenvalue weighted by molar-refractivity contribution is 7.93. The van der Waals surface area contributed by atoms with Gasteiger partial charge in [0.25, 0.3) is 10.0 Å². The number of halogens is 4. The molecule has 0 aliphatic carbocycles. The molecule has 174 valence electrons. The highest BCUT2D eigenvalue weighted by atomic mass is 35.5. The maximum absolute atomic E-state index is 13.5. The van der Waals surface area contributed by atoms with E-state index in [1.54, 1.807) is 30.6 Å². The Hall–Kier alpha value is -3.11. The average Bonchev–Trinajstić information content (AvgIpc) is 2.79. The summed E-state index contributed by atoms with van der Waals surface area (Å²) in [7, 11) is -4.45. The van der Waals surface area contributed by atoms with E-state index in [1.165, 1.54) is 31.2 Å². The van der Waals surface area contributed by atoms with Gasteiger partial charge in [-0.05, 0) is 42.8 Å². The Morgan fingerprint density at radius 1 is 1.09 bits per heavy atom. The molecule has 0 saturated heterocycles. The molecule has 2 N–H and O–H groups in total. The predicted molar refractivity (Wildman–Crippen MR) is 117 cm³/mol. The number of hydrogen-bond acceptors (Lipinski definition) is 3. The summed E-state index contributed by atoms with van der Waals surface area (Å²) in [6, 6.07) is 11.4. The molecule has 0 spiro atoms. The zero-order valence-electron chi connectivity index (χ0n) is 17.3. The van der Waals surface area contributed by atoms with Crippen molar-refractivity contribution in [1.29, 1.82) is 0 Å². The van der Waals surface area contributed by atoms with Crippen LogP contribution in [-0.4, -0.2) is 20.4 Å². The predicted octanol–water partition coefficient (Wildman–Crippen LogP) is 4.07. The summed E-state index contributed by atoms with van der Waals surface area (Å²) in [5.41, 5.74) is -0.806. The molecule has 0 saturated carbocycles. The SMILES string of the molecule is CC(C(=O)NCc1cc[nH+]cc1)N(c1cc(C(F)(F)F)ccc1Cl)S(=O)(=O)c1ccccc1. The first-order chi connectivity index (χ1) is 15.5. The van der Waals surface area contributed by atoms with Crippen molar-refractivity contribution in [3.63, 3.8) is 0 Å². The zero-order chi connectivity index (χ0) is 24.2. The van der Waals surface area contributed by atoms with E-state index >= 15 is 0 Å². The highest BCUT2D eigenvalue weighted by Gasteiger charge is 2.37. The van der Waals surface area contributed by atoms with Gasteiger partial charge < -0.3 is 5.32 Å². The van der Waals surface area contributed by atoms with Gasteiger partial charge >= 0.3 is 6.18 Å². The molecule has 0 bridgehead atoms. The third-order valence-corrected chi connectivity index (χ3v) is 7.01. The van der Waals surface area contributed by atoms with Gasteiger partial charge in [-0.1, -0.05) is 29.8 Å². The van der Waals surface area contributed by atoms with E-state index < -0.39 is 39.4 Å². The molecule has 1 atom stereocenters. The molecule has 0 fully saturated rings. The second kappa shape index (κ2) is 9.80. The maximum Gasteiger partial charge on any atom is 0.416 e. The summed E-state index contributed by atoms with van der Waals surface area (Å²) < 4.78 is 67.6. The number of anilines is 1. The highest BCUT2D eigenvalue weighted by Crippen LogP contribution is 2.38. The molecule has 33 heavy (non-hydrogen) atoms. The lowest BCUT2D eigenvalue weighted by Gasteiger charge is -2.31. The van der Waals surface area contributed by atoms with Crippen LogP contribution in [0, 0.1) is 0 Å². The van der Waals surface area contributed by atoms with Crippen LogP contribution in [0.15, 0.2) is 78.0 Å². The Kier molecular flexibility index (Phi) is 7.28. The van der Waals surface area contributed by atoms with Gasteiger partial charge in [0.15, 0.2) is 12.4 Å². The van der Waals surface area contributed by atoms with Crippen molar-refractivity contribution in [2.75, 3.05) is 4.31 Å². The number of benzene rings is 2. The van der Waals surface area contributed by atoms with E-state index in [1.807, 2.05) is 0 Å². The average molecular weight is 499 g/mol. The maximum atomic E-state index is 13.5. The largest absolute Gasteiger partial charge is 0.416 e. The fraction of sp³-hybridized carbons (Fsp3) is 0.182. The number of carbonyl (C=O) groups is 1. The van der Waals surface area contributed by atoms with Crippen molar-refractivity contribution in [3.8, 4) is 0 Å². The second-order valence-electron chi connectivity index (χ2n) is 7.08. The van der Waals surface area contributed by atoms with Crippen molar-refractivity contribution >= 4 is 33.2 Å². The van der Waals surface area contributed by atoms with E-state index in [4.69, 9.17) is 11.6 Å². The second-order valence-corrected chi connectivity index (χ2v) is 9.30. The van der Waals surface area contributed by atoms with E-state index in [0.29, 0.717) is 10.4 Å². The van der Waals surface area contributed by atoms with Crippen molar-refractivity contribution in [2.24, 2.45) is 0 Å². The third kappa shape index (κ3) is 5.63. The van der Waals surface area contributed by atoms with Crippen LogP contribution in [-0.2, 0) is 27.5 Å². The van der Waals surface area contributed by atoms with Gasteiger partial charge in [-0.15, -0.1) is 0 Å². The Morgan fingerprint density at radius 2 is 1.73 bits per heavy atom. The van der Waals surface area contributed by atoms with E-state index in [9.17, 15) is 26.4 Å². The molecule has 1 amide bonds. The van der Waals surface area contributed by atoms with Gasteiger partial charge in [0.1, 0.15) is 6.04 Å². The molecule has 1 aromatic heterocycles. The number of sulfonamides is 1. The minimum absolute atomic E-state index is 0.0907. The summed E-state index contributed by atoms with van der Waals surface area (Å²) in [5.74, 6) is -0.712. The molecule has 11 heteroatoms. The van der Waals surface area contributed by atoms with Gasteiger partial charge in [-0.3, -0.25) is 9.10 Å². The Bertz CT molecular complexity index is 1220. The number of aromatic nitrogens is 1. The van der Waals surface area contributed by atoms with Crippen LogP contribution in [0.2, 0.25) is 5.02 Å². The van der Waals surface area contributed by atoms with Crippen molar-refractivity contribution in [3.05, 3.63) is 89.2 Å². The quantitative estimate of drug-likeness (QED) is 0.533. The van der Waals surface area contributed by atoms with E-state index in [2.05, 4.69) is 10.3 Å². The van der Waals surface area contributed by atoms with Crippen LogP contribution in [0.25, 0.3) is 0 Å². The van der Waals surface area contributed by atoms with Crippen molar-refractivity contribution in [2.45, 2.75) is 30.6 Å². The first-order valence-electron chi connectivity index (χ1n) is 9.71. The number of alkyl halides is 3. The number of pyridine rings is 1. The standard InChI is InChI=1S/C22H19ClF3N3O3S/c1-15(21(30)28-14-16-9-11-27-12-10-16)29(33(31,32)18-5-3-2-4-6-18)20-13-17(22(24,25)26)7-8-19(20)23/h2-13,15H,14H2,1H3,(H,28,30)/p+1. The minimum Gasteiger partial charge on any atom is -0.350 e. The third-order valence-electron chi connectivity index (χ3n) is 4.80. The molecule has 0 aliphatic rings. The van der Waals surface area contributed by atoms with E-state index in [-0.39, 0.29) is 16.5 Å². The molecule has 0 radical (unpaired) electrons. The number of H-pyrrole nitrogens is 1. The van der Waals surface area contributed by atoms with Crippen molar-refractivity contribution in [1.82, 2.24) is 5.32 Å². The van der Waals surface area contributed by atoms with Gasteiger partial charge in [0.2, 0.25) is 5.91 Å². The van der Waals surface area contributed by atoms with Crippen LogP contribution < -0.4 is 14.6 Å². The van der Waals surface area contributed by atoms with Crippen LogP contribution in [0.1, 0.15) is 18.1 Å². The molecule has 0 aliphatic heterocycles. The summed E-state index contributed by atoms with van der Waals surface area (Å²) in [6.45, 7) is 1.37. The lowest BCUT2D eigenvalue weighted by molar-refractivity contribution is -0.378. The van der Waals surface area contributed by atoms with Gasteiger partial charge in [-0.2, -0.15) is 13.2 Å². The van der Waals surface area contributed by atoms with Crippen LogP contribution in [0.3, 0.4) is 0 Å². The summed E-state index contributed by atoms with van der Waals surface area (Å²) in [5, 5.41) is 2.36.